The van der Waals surface area contributed by atoms with Crippen LogP contribution in [0.5, 0.6) is 0 Å². The number of nitrogens with zero attached hydrogens (tertiary/aromatic N) is 2. The summed E-state index contributed by atoms with van der Waals surface area (Å²) in [4.78, 5) is 20.6. The summed E-state index contributed by atoms with van der Waals surface area (Å²) >= 11 is 1.29. The number of aromatic amines is 1. The molecule has 0 spiro atoms. The number of hydrogen-bond donors (Lipinski definition) is 1. The molecule has 1 aromatic heterocycles. The van der Waals surface area contributed by atoms with Gasteiger partial charge in [-0.3, -0.25) is 0 Å². The van der Waals surface area contributed by atoms with Gasteiger partial charge in [0, 0.05) is 22.5 Å². The van der Waals surface area contributed by atoms with Crippen molar-refractivity contribution in [2.45, 2.75) is 4.90 Å². The quantitative estimate of drug-likeness (QED) is 0.244. The number of aromatic nitrogens is 2. The van der Waals surface area contributed by atoms with E-state index in [1.807, 2.05) is 48.5 Å². The lowest BCUT2D eigenvalue weighted by Gasteiger charge is -2.03. The van der Waals surface area contributed by atoms with Crippen molar-refractivity contribution in [1.82, 2.24) is 9.97 Å². The molecule has 1 heterocycles. The third kappa shape index (κ3) is 5.09. The van der Waals surface area contributed by atoms with Crippen molar-refractivity contribution in [3.63, 3.8) is 0 Å². The van der Waals surface area contributed by atoms with Crippen LogP contribution in [0.15, 0.2) is 89.8 Å². The maximum absolute atomic E-state index is 11.7. The van der Waals surface area contributed by atoms with E-state index in [9.17, 15) is 4.79 Å². The van der Waals surface area contributed by atoms with Gasteiger partial charge in [-0.05, 0) is 53.2 Å². The Morgan fingerprint density at radius 2 is 1.74 bits per heavy atom. The number of H-pyrrole nitrogens is 1. The zero-order valence-corrected chi connectivity index (χ0v) is 19.4. The van der Waals surface area contributed by atoms with Gasteiger partial charge in [0.2, 0.25) is 0 Å². The molecular weight excluding hydrogens is 446 g/mol. The molecule has 168 valence electrons. The Morgan fingerprint density at radius 1 is 0.971 bits per heavy atom. The van der Waals surface area contributed by atoms with Gasteiger partial charge in [0.1, 0.15) is 5.82 Å². The number of imidazole rings is 1. The minimum absolute atomic E-state index is 0.354. The second-order valence-electron chi connectivity index (χ2n) is 7.22. The molecule has 1 N–H and O–H groups in total. The van der Waals surface area contributed by atoms with Crippen LogP contribution >= 0.6 is 12.0 Å². The predicted molar refractivity (Wildman–Crippen MR) is 134 cm³/mol. The summed E-state index contributed by atoms with van der Waals surface area (Å²) in [5.74, 6) is 0.437. The van der Waals surface area contributed by atoms with Crippen LogP contribution in [0.4, 0.5) is 0 Å². The number of rotatable bonds is 4. The van der Waals surface area contributed by atoms with Crippen LogP contribution in [0.1, 0.15) is 15.9 Å². The second kappa shape index (κ2) is 10.7. The van der Waals surface area contributed by atoms with Gasteiger partial charge in [-0.25, -0.2) is 9.78 Å². The zero-order chi connectivity index (χ0) is 23.9. The molecule has 0 aliphatic rings. The number of nitrogens with one attached hydrogen (secondary N) is 1. The Bertz CT molecular complexity index is 1480. The largest absolute Gasteiger partial charge is 0.465 e. The fraction of sp³-hybridized carbons (Fsp3) is 0.0741. The van der Waals surface area contributed by atoms with Gasteiger partial charge in [-0.1, -0.05) is 42.5 Å². The summed E-state index contributed by atoms with van der Waals surface area (Å²) in [6.07, 6.45) is 0. The highest BCUT2D eigenvalue weighted by Crippen LogP contribution is 2.28. The number of fused-ring (bicyclic) bond motifs is 2. The number of methoxy groups -OCH3 is 1. The fourth-order valence-electron chi connectivity index (χ4n) is 3.50. The topological polar surface area (TPSA) is 88.0 Å². The number of benzene rings is 4. The summed E-state index contributed by atoms with van der Waals surface area (Å²) in [6.45, 7) is 0. The van der Waals surface area contributed by atoms with Crippen molar-refractivity contribution in [1.29, 1.82) is 5.26 Å². The van der Waals surface area contributed by atoms with E-state index in [0.29, 0.717) is 11.1 Å². The molecular formula is C27H21N3O3S. The maximum Gasteiger partial charge on any atom is 0.337 e. The molecule has 0 aliphatic carbocycles. The van der Waals surface area contributed by atoms with Crippen molar-refractivity contribution in [3.8, 4) is 17.5 Å². The molecule has 0 aliphatic heterocycles. The van der Waals surface area contributed by atoms with Crippen LogP contribution < -0.4 is 0 Å². The molecule has 0 radical (unpaired) electrons. The number of hydrogen-bond acceptors (Lipinski definition) is 6. The molecule has 0 saturated carbocycles. The normalized spacial score (nSPS) is 10.4. The van der Waals surface area contributed by atoms with E-state index in [0.717, 1.165) is 32.7 Å². The molecule has 5 aromatic rings. The van der Waals surface area contributed by atoms with Gasteiger partial charge >= 0.3 is 5.97 Å². The van der Waals surface area contributed by atoms with E-state index in [1.54, 1.807) is 31.4 Å². The zero-order valence-electron chi connectivity index (χ0n) is 18.6. The van der Waals surface area contributed by atoms with Gasteiger partial charge < -0.3 is 13.9 Å². The van der Waals surface area contributed by atoms with Crippen LogP contribution in [0.3, 0.4) is 0 Å². The van der Waals surface area contributed by atoms with Gasteiger partial charge in [-0.2, -0.15) is 5.26 Å². The summed E-state index contributed by atoms with van der Waals surface area (Å²) in [7, 11) is 2.99. The molecule has 0 amide bonds. The Labute approximate surface area is 201 Å². The van der Waals surface area contributed by atoms with Gasteiger partial charge in [0.05, 0.1) is 42.4 Å². The second-order valence-corrected chi connectivity index (χ2v) is 8.19. The lowest BCUT2D eigenvalue weighted by atomic mass is 10.0. The lowest BCUT2D eigenvalue weighted by Crippen LogP contribution is -2.00. The minimum Gasteiger partial charge on any atom is -0.465 e. The smallest absolute Gasteiger partial charge is 0.337 e. The van der Waals surface area contributed by atoms with E-state index in [2.05, 4.69) is 28.2 Å². The van der Waals surface area contributed by atoms with Crippen LogP contribution in [0.2, 0.25) is 0 Å². The minimum atomic E-state index is -0.354. The summed E-state index contributed by atoms with van der Waals surface area (Å²) < 4.78 is 9.60. The monoisotopic (exact) mass is 467 g/mol. The van der Waals surface area contributed by atoms with E-state index in [-0.39, 0.29) is 5.97 Å². The Hall–Kier alpha value is -4.12. The van der Waals surface area contributed by atoms with Crippen molar-refractivity contribution in [2.24, 2.45) is 0 Å². The van der Waals surface area contributed by atoms with E-state index in [4.69, 9.17) is 14.2 Å². The SMILES string of the molecule is COC(=O)c1ccc2nc(-c3cccc4ccccc34)[nH]c2c1.COSc1ccc(C#N)cc1. The molecule has 0 atom stereocenters. The van der Waals surface area contributed by atoms with Crippen LogP contribution in [-0.4, -0.2) is 30.2 Å². The standard InChI is InChI=1S/C19H14N2O2.C8H7NOS/c1-23-19(22)13-9-10-16-17(11-13)21-18(20-16)15-8-4-6-12-5-2-3-7-14(12)15;1-10-11-8-4-2-7(6-9)3-5-8/h2-11H,1H3,(H,20,21);2-5H,1H3. The van der Waals surface area contributed by atoms with Crippen LogP contribution in [0.25, 0.3) is 33.2 Å². The number of carbonyl (C=O) groups excluding carboxylic acids is 1. The van der Waals surface area contributed by atoms with E-state index in [1.165, 1.54) is 24.5 Å². The molecule has 0 unspecified atom stereocenters. The first kappa shape index (κ1) is 23.1. The predicted octanol–water partition coefficient (Wildman–Crippen LogP) is 6.38. The van der Waals surface area contributed by atoms with Crippen molar-refractivity contribution < 1.29 is 13.7 Å². The van der Waals surface area contributed by atoms with Crippen LogP contribution in [-0.2, 0) is 8.92 Å². The highest BCUT2D eigenvalue weighted by molar-refractivity contribution is 7.94. The van der Waals surface area contributed by atoms with Gasteiger partial charge in [-0.15, -0.1) is 0 Å². The first-order chi connectivity index (χ1) is 16.6. The molecule has 4 aromatic carbocycles. The van der Waals surface area contributed by atoms with Crippen LogP contribution in [0, 0.1) is 11.3 Å². The average molecular weight is 468 g/mol. The molecule has 0 bridgehead atoms. The number of ether oxygens (including phenoxy) is 1. The highest BCUT2D eigenvalue weighted by atomic mass is 32.2. The first-order valence-electron chi connectivity index (χ1n) is 10.4. The molecule has 5 rings (SSSR count). The Kier molecular flexibility index (Phi) is 7.23. The van der Waals surface area contributed by atoms with Gasteiger partial charge in [0.25, 0.3) is 0 Å². The number of nitriles is 1. The summed E-state index contributed by atoms with van der Waals surface area (Å²) in [5, 5.41) is 10.8. The Morgan fingerprint density at radius 3 is 2.47 bits per heavy atom. The molecule has 34 heavy (non-hydrogen) atoms. The lowest BCUT2D eigenvalue weighted by molar-refractivity contribution is 0.0601. The third-order valence-corrected chi connectivity index (χ3v) is 5.74. The van der Waals surface area contributed by atoms with Gasteiger partial charge in [0.15, 0.2) is 0 Å². The average Bonchev–Trinajstić information content (AvgIpc) is 3.32. The molecule has 0 fully saturated rings. The molecule has 0 saturated heterocycles. The summed E-state index contributed by atoms with van der Waals surface area (Å²) in [5.41, 5.74) is 3.86. The van der Waals surface area contributed by atoms with Crippen molar-refractivity contribution in [3.05, 3.63) is 96.1 Å². The first-order valence-corrected chi connectivity index (χ1v) is 11.1. The molecule has 6 nitrogen and oxygen atoms in total. The van der Waals surface area contributed by atoms with Crippen molar-refractivity contribution in [2.75, 3.05) is 14.2 Å². The fourth-order valence-corrected chi connectivity index (χ4v) is 3.93. The third-order valence-electron chi connectivity index (χ3n) is 5.11. The Balaban J connectivity index is 0.000000210. The van der Waals surface area contributed by atoms with Crippen molar-refractivity contribution >= 4 is 39.8 Å². The maximum atomic E-state index is 11.7. The molecule has 7 heteroatoms. The van der Waals surface area contributed by atoms with E-state index >= 15 is 0 Å². The highest BCUT2D eigenvalue weighted by Gasteiger charge is 2.11. The number of carbonyl (C=O) groups is 1. The van der Waals surface area contributed by atoms with E-state index < -0.39 is 0 Å². The number of esters is 1. The summed E-state index contributed by atoms with van der Waals surface area (Å²) in [6, 6.07) is 28.9.